The molecule has 1 rings (SSSR count). The molecule has 3 nitrogen and oxygen atoms in total. The largest absolute Gasteiger partial charge is 0.380 e. The van der Waals surface area contributed by atoms with Gasteiger partial charge in [-0.05, 0) is 38.5 Å². The van der Waals surface area contributed by atoms with E-state index < -0.39 is 0 Å². The molecule has 1 fully saturated rings. The molecule has 0 amide bonds. The quantitative estimate of drug-likeness (QED) is 0.695. The highest BCUT2D eigenvalue weighted by Crippen LogP contribution is 2.19. The second kappa shape index (κ2) is 8.04. The summed E-state index contributed by atoms with van der Waals surface area (Å²) in [5, 5.41) is 0. The number of nitrogens with two attached hydrogens (primary N) is 1. The van der Waals surface area contributed by atoms with Crippen molar-refractivity contribution in [3.8, 4) is 0 Å². The van der Waals surface area contributed by atoms with Gasteiger partial charge in [0.05, 0.1) is 12.2 Å². The number of rotatable bonds is 8. The lowest BCUT2D eigenvalue weighted by Gasteiger charge is -2.22. The minimum absolute atomic E-state index is 0.186. The predicted molar refractivity (Wildman–Crippen MR) is 66.5 cm³/mol. The van der Waals surface area contributed by atoms with Crippen molar-refractivity contribution in [1.29, 1.82) is 0 Å². The third-order valence-corrected chi connectivity index (χ3v) is 3.44. The highest BCUT2D eigenvalue weighted by Gasteiger charge is 2.18. The molecule has 0 aromatic rings. The van der Waals surface area contributed by atoms with Gasteiger partial charge < -0.3 is 15.2 Å². The van der Waals surface area contributed by atoms with Gasteiger partial charge in [-0.3, -0.25) is 0 Å². The molecule has 3 unspecified atom stereocenters. The highest BCUT2D eigenvalue weighted by atomic mass is 16.5. The van der Waals surface area contributed by atoms with Crippen molar-refractivity contribution in [1.82, 2.24) is 0 Å². The monoisotopic (exact) mass is 229 g/mol. The van der Waals surface area contributed by atoms with E-state index in [0.29, 0.717) is 6.10 Å². The second-order valence-corrected chi connectivity index (χ2v) is 4.79. The fraction of sp³-hybridized carbons (Fsp3) is 1.00. The lowest BCUT2D eigenvalue weighted by atomic mass is 9.99. The minimum Gasteiger partial charge on any atom is -0.380 e. The minimum atomic E-state index is 0.186. The van der Waals surface area contributed by atoms with Crippen LogP contribution >= 0.6 is 0 Å². The van der Waals surface area contributed by atoms with Crippen LogP contribution in [0.1, 0.15) is 51.9 Å². The molecular formula is C13H27NO2. The van der Waals surface area contributed by atoms with E-state index in [9.17, 15) is 0 Å². The first-order chi connectivity index (χ1) is 7.77. The Hall–Kier alpha value is -0.120. The molecule has 16 heavy (non-hydrogen) atoms. The van der Waals surface area contributed by atoms with Crippen molar-refractivity contribution >= 4 is 0 Å². The summed E-state index contributed by atoms with van der Waals surface area (Å²) in [5.74, 6) is 0. The molecule has 1 aliphatic rings. The summed E-state index contributed by atoms with van der Waals surface area (Å²) in [6.07, 6.45) is 8.78. The molecular weight excluding hydrogens is 202 g/mol. The average molecular weight is 229 g/mol. The first kappa shape index (κ1) is 13.9. The van der Waals surface area contributed by atoms with E-state index in [1.54, 1.807) is 7.11 Å². The molecule has 0 aliphatic carbocycles. The van der Waals surface area contributed by atoms with Gasteiger partial charge in [0, 0.05) is 19.8 Å². The summed E-state index contributed by atoms with van der Waals surface area (Å²) in [7, 11) is 1.76. The van der Waals surface area contributed by atoms with Crippen molar-refractivity contribution in [3.63, 3.8) is 0 Å². The van der Waals surface area contributed by atoms with Crippen LogP contribution < -0.4 is 5.73 Å². The zero-order valence-corrected chi connectivity index (χ0v) is 10.8. The fourth-order valence-electron chi connectivity index (χ4n) is 2.43. The van der Waals surface area contributed by atoms with Crippen LogP contribution in [0.3, 0.4) is 0 Å². The van der Waals surface area contributed by atoms with Gasteiger partial charge in [0.2, 0.25) is 0 Å². The van der Waals surface area contributed by atoms with Crippen LogP contribution in [0.4, 0.5) is 0 Å². The molecule has 3 heteroatoms. The lowest BCUT2D eigenvalue weighted by molar-refractivity contribution is 0.0653. The summed E-state index contributed by atoms with van der Waals surface area (Å²) in [5.41, 5.74) is 6.13. The van der Waals surface area contributed by atoms with E-state index in [-0.39, 0.29) is 12.1 Å². The molecule has 1 heterocycles. The third-order valence-electron chi connectivity index (χ3n) is 3.44. The zero-order chi connectivity index (χ0) is 11.8. The van der Waals surface area contributed by atoms with Crippen LogP contribution in [0, 0.1) is 0 Å². The zero-order valence-electron chi connectivity index (χ0n) is 10.8. The SMILES string of the molecule is CCCC(OC)C(N)CCCC1CCCO1. The summed E-state index contributed by atoms with van der Waals surface area (Å²) in [6, 6.07) is 0.186. The lowest BCUT2D eigenvalue weighted by Crippen LogP contribution is -2.36. The van der Waals surface area contributed by atoms with Gasteiger partial charge in [-0.1, -0.05) is 13.3 Å². The van der Waals surface area contributed by atoms with Gasteiger partial charge in [-0.25, -0.2) is 0 Å². The summed E-state index contributed by atoms with van der Waals surface area (Å²) in [6.45, 7) is 3.12. The van der Waals surface area contributed by atoms with Crippen molar-refractivity contribution < 1.29 is 9.47 Å². The Morgan fingerprint density at radius 3 is 2.81 bits per heavy atom. The van der Waals surface area contributed by atoms with Crippen molar-refractivity contribution in [2.24, 2.45) is 5.73 Å². The Kier molecular flexibility index (Phi) is 7.01. The van der Waals surface area contributed by atoms with Gasteiger partial charge in [-0.2, -0.15) is 0 Å². The number of ether oxygens (including phenoxy) is 2. The van der Waals surface area contributed by atoms with E-state index in [4.69, 9.17) is 15.2 Å². The number of hydrogen-bond donors (Lipinski definition) is 1. The first-order valence-corrected chi connectivity index (χ1v) is 6.68. The van der Waals surface area contributed by atoms with Crippen molar-refractivity contribution in [2.75, 3.05) is 13.7 Å². The van der Waals surface area contributed by atoms with Gasteiger partial charge >= 0.3 is 0 Å². The maximum atomic E-state index is 6.13. The highest BCUT2D eigenvalue weighted by molar-refractivity contribution is 4.74. The standard InChI is InChI=1S/C13H27NO2/c1-3-6-13(15-2)12(14)9-4-7-11-8-5-10-16-11/h11-13H,3-10,14H2,1-2H3. The van der Waals surface area contributed by atoms with Crippen LogP contribution in [0.5, 0.6) is 0 Å². The van der Waals surface area contributed by atoms with Crippen molar-refractivity contribution in [2.45, 2.75) is 70.1 Å². The molecule has 0 radical (unpaired) electrons. The first-order valence-electron chi connectivity index (χ1n) is 6.68. The molecule has 0 aromatic heterocycles. The Bertz CT molecular complexity index is 169. The van der Waals surface area contributed by atoms with E-state index in [1.165, 1.54) is 12.8 Å². The van der Waals surface area contributed by atoms with Crippen LogP contribution in [0.25, 0.3) is 0 Å². The van der Waals surface area contributed by atoms with Crippen LogP contribution in [-0.2, 0) is 9.47 Å². The van der Waals surface area contributed by atoms with Crippen LogP contribution in [0.15, 0.2) is 0 Å². The summed E-state index contributed by atoms with van der Waals surface area (Å²) in [4.78, 5) is 0. The van der Waals surface area contributed by atoms with E-state index in [0.717, 1.165) is 38.7 Å². The molecule has 1 saturated heterocycles. The predicted octanol–water partition coefficient (Wildman–Crippen LogP) is 2.48. The Balaban J connectivity index is 2.09. The Morgan fingerprint density at radius 2 is 2.25 bits per heavy atom. The third kappa shape index (κ3) is 4.81. The van der Waals surface area contributed by atoms with Gasteiger partial charge in [0.1, 0.15) is 0 Å². The molecule has 1 aliphatic heterocycles. The smallest absolute Gasteiger partial charge is 0.0722 e. The molecule has 0 spiro atoms. The number of methoxy groups -OCH3 is 1. The van der Waals surface area contributed by atoms with E-state index in [2.05, 4.69) is 6.92 Å². The van der Waals surface area contributed by atoms with Gasteiger partial charge in [0.25, 0.3) is 0 Å². The summed E-state index contributed by atoms with van der Waals surface area (Å²) >= 11 is 0. The normalized spacial score (nSPS) is 24.6. The van der Waals surface area contributed by atoms with E-state index >= 15 is 0 Å². The fourth-order valence-corrected chi connectivity index (χ4v) is 2.43. The van der Waals surface area contributed by atoms with Crippen molar-refractivity contribution in [3.05, 3.63) is 0 Å². The maximum absolute atomic E-state index is 6.13. The molecule has 0 aromatic carbocycles. The van der Waals surface area contributed by atoms with Crippen LogP contribution in [0.2, 0.25) is 0 Å². The molecule has 3 atom stereocenters. The molecule has 0 saturated carbocycles. The Labute approximate surface area is 99.7 Å². The Morgan fingerprint density at radius 1 is 1.44 bits per heavy atom. The maximum Gasteiger partial charge on any atom is 0.0722 e. The summed E-state index contributed by atoms with van der Waals surface area (Å²) < 4.78 is 11.0. The average Bonchev–Trinajstić information content (AvgIpc) is 2.78. The molecule has 96 valence electrons. The molecule has 0 bridgehead atoms. The number of hydrogen-bond acceptors (Lipinski definition) is 3. The van der Waals surface area contributed by atoms with Crippen LogP contribution in [-0.4, -0.2) is 32.0 Å². The van der Waals surface area contributed by atoms with E-state index in [1.807, 2.05) is 0 Å². The topological polar surface area (TPSA) is 44.5 Å². The van der Waals surface area contributed by atoms with Gasteiger partial charge in [0.15, 0.2) is 0 Å². The van der Waals surface area contributed by atoms with Gasteiger partial charge in [-0.15, -0.1) is 0 Å². The second-order valence-electron chi connectivity index (χ2n) is 4.79. The molecule has 2 N–H and O–H groups in total.